The second-order valence-corrected chi connectivity index (χ2v) is 4.01. The van der Waals surface area contributed by atoms with Crippen LogP contribution in [0.25, 0.3) is 10.8 Å². The van der Waals surface area contributed by atoms with Crippen LogP contribution in [0.1, 0.15) is 0 Å². The molecule has 0 atom stereocenters. The van der Waals surface area contributed by atoms with Gasteiger partial charge in [0.15, 0.2) is 0 Å². The molecule has 0 aliphatic rings. The first-order valence-corrected chi connectivity index (χ1v) is 5.02. The minimum atomic E-state index is -1.43. The van der Waals surface area contributed by atoms with Gasteiger partial charge in [0, 0.05) is 4.47 Å². The van der Waals surface area contributed by atoms with Crippen molar-refractivity contribution < 1.29 is 10.0 Å². The van der Waals surface area contributed by atoms with E-state index < -0.39 is 7.12 Å². The first-order chi connectivity index (χ1) is 6.68. The molecular weight excluding hydrogens is 243 g/mol. The summed E-state index contributed by atoms with van der Waals surface area (Å²) in [6, 6.07) is 11.3. The van der Waals surface area contributed by atoms with Crippen LogP contribution in [0.5, 0.6) is 0 Å². The molecule has 2 aromatic rings. The van der Waals surface area contributed by atoms with Crippen molar-refractivity contribution in [1.29, 1.82) is 0 Å². The van der Waals surface area contributed by atoms with Crippen molar-refractivity contribution >= 4 is 39.3 Å². The lowest BCUT2D eigenvalue weighted by Gasteiger charge is -2.06. The number of benzene rings is 2. The van der Waals surface area contributed by atoms with Crippen LogP contribution in [-0.2, 0) is 0 Å². The van der Waals surface area contributed by atoms with E-state index in [1.807, 2.05) is 30.3 Å². The lowest BCUT2D eigenvalue weighted by atomic mass is 9.77. The first kappa shape index (κ1) is 9.71. The lowest BCUT2D eigenvalue weighted by molar-refractivity contribution is 0.426. The molecule has 2 rings (SSSR count). The first-order valence-electron chi connectivity index (χ1n) is 4.23. The van der Waals surface area contributed by atoms with Gasteiger partial charge in [-0.05, 0) is 28.4 Å². The third-order valence-electron chi connectivity index (χ3n) is 2.14. The average molecular weight is 251 g/mol. The maximum absolute atomic E-state index is 9.18. The van der Waals surface area contributed by atoms with Gasteiger partial charge in [0.05, 0.1) is 0 Å². The predicted octanol–water partition coefficient (Wildman–Crippen LogP) is 1.28. The molecule has 0 radical (unpaired) electrons. The van der Waals surface area contributed by atoms with Crippen LogP contribution < -0.4 is 5.46 Å². The molecule has 0 spiro atoms. The van der Waals surface area contributed by atoms with E-state index >= 15 is 0 Å². The maximum atomic E-state index is 9.18. The van der Waals surface area contributed by atoms with Gasteiger partial charge in [-0.25, -0.2) is 0 Å². The van der Waals surface area contributed by atoms with E-state index in [1.54, 1.807) is 6.07 Å². The second kappa shape index (κ2) is 3.73. The van der Waals surface area contributed by atoms with Crippen molar-refractivity contribution in [2.75, 3.05) is 0 Å². The molecule has 0 saturated carbocycles. The van der Waals surface area contributed by atoms with Crippen LogP contribution in [0.4, 0.5) is 0 Å². The molecular formula is C10H8BBrO2. The summed E-state index contributed by atoms with van der Waals surface area (Å²) < 4.78 is 0.847. The van der Waals surface area contributed by atoms with E-state index in [-0.39, 0.29) is 0 Å². The Bertz CT molecular complexity index is 471. The Labute approximate surface area is 90.5 Å². The van der Waals surface area contributed by atoms with E-state index in [4.69, 9.17) is 0 Å². The molecule has 0 heterocycles. The van der Waals surface area contributed by atoms with Crippen LogP contribution in [0.3, 0.4) is 0 Å². The van der Waals surface area contributed by atoms with E-state index in [9.17, 15) is 10.0 Å². The molecule has 14 heavy (non-hydrogen) atoms. The normalized spacial score (nSPS) is 10.5. The van der Waals surface area contributed by atoms with Gasteiger partial charge in [-0.15, -0.1) is 0 Å². The fraction of sp³-hybridized carbons (Fsp3) is 0. The number of hydrogen-bond donors (Lipinski definition) is 2. The van der Waals surface area contributed by atoms with Crippen molar-refractivity contribution in [1.82, 2.24) is 0 Å². The molecule has 2 N–H and O–H groups in total. The Morgan fingerprint density at radius 2 is 1.79 bits per heavy atom. The summed E-state index contributed by atoms with van der Waals surface area (Å²) >= 11 is 3.33. The third kappa shape index (κ3) is 1.69. The van der Waals surface area contributed by atoms with Crippen LogP contribution in [-0.4, -0.2) is 17.2 Å². The molecule has 2 aromatic carbocycles. The lowest BCUT2D eigenvalue weighted by Crippen LogP contribution is -2.30. The standard InChI is InChI=1S/C10H8BBrO2/c12-8-5-7-3-1-2-4-9(7)10(6-8)11(13)14/h1-6,13-14H. The minimum absolute atomic E-state index is 0.523. The second-order valence-electron chi connectivity index (χ2n) is 3.09. The Kier molecular flexibility index (Phi) is 2.59. The zero-order valence-electron chi connectivity index (χ0n) is 7.31. The van der Waals surface area contributed by atoms with Crippen molar-refractivity contribution in [3.05, 3.63) is 40.9 Å². The predicted molar refractivity (Wildman–Crippen MR) is 61.5 cm³/mol. The van der Waals surface area contributed by atoms with E-state index in [1.165, 1.54) is 0 Å². The van der Waals surface area contributed by atoms with Crippen LogP contribution in [0, 0.1) is 0 Å². The van der Waals surface area contributed by atoms with Crippen molar-refractivity contribution in [3.63, 3.8) is 0 Å². The smallest absolute Gasteiger partial charge is 0.423 e. The molecule has 0 bridgehead atoms. The average Bonchev–Trinajstić information content (AvgIpc) is 2.16. The Balaban J connectivity index is 2.80. The van der Waals surface area contributed by atoms with Crippen LogP contribution >= 0.6 is 15.9 Å². The monoisotopic (exact) mass is 250 g/mol. The molecule has 0 saturated heterocycles. The van der Waals surface area contributed by atoms with Crippen LogP contribution in [0.2, 0.25) is 0 Å². The molecule has 4 heteroatoms. The van der Waals surface area contributed by atoms with E-state index in [0.29, 0.717) is 5.46 Å². The molecule has 0 amide bonds. The number of hydrogen-bond acceptors (Lipinski definition) is 2. The van der Waals surface area contributed by atoms with Gasteiger partial charge in [-0.1, -0.05) is 40.2 Å². The topological polar surface area (TPSA) is 40.5 Å². The molecule has 2 nitrogen and oxygen atoms in total. The largest absolute Gasteiger partial charge is 0.489 e. The zero-order chi connectivity index (χ0) is 10.1. The Morgan fingerprint density at radius 1 is 1.07 bits per heavy atom. The third-order valence-corrected chi connectivity index (χ3v) is 2.59. The van der Waals surface area contributed by atoms with Gasteiger partial charge in [-0.2, -0.15) is 0 Å². The summed E-state index contributed by atoms with van der Waals surface area (Å²) in [5.41, 5.74) is 0.523. The highest BCUT2D eigenvalue weighted by Crippen LogP contribution is 2.17. The van der Waals surface area contributed by atoms with E-state index in [2.05, 4.69) is 15.9 Å². The Morgan fingerprint density at radius 3 is 2.50 bits per heavy atom. The van der Waals surface area contributed by atoms with Gasteiger partial charge in [0.2, 0.25) is 0 Å². The Hall–Kier alpha value is -0.835. The summed E-state index contributed by atoms with van der Waals surface area (Å²) in [5.74, 6) is 0. The van der Waals surface area contributed by atoms with Gasteiger partial charge in [-0.3, -0.25) is 0 Å². The highest BCUT2D eigenvalue weighted by molar-refractivity contribution is 9.10. The van der Waals surface area contributed by atoms with Crippen molar-refractivity contribution in [2.24, 2.45) is 0 Å². The summed E-state index contributed by atoms with van der Waals surface area (Å²) in [4.78, 5) is 0. The molecule has 0 aliphatic heterocycles. The highest BCUT2D eigenvalue weighted by atomic mass is 79.9. The summed E-state index contributed by atoms with van der Waals surface area (Å²) in [6.07, 6.45) is 0. The van der Waals surface area contributed by atoms with Crippen molar-refractivity contribution in [3.8, 4) is 0 Å². The highest BCUT2D eigenvalue weighted by Gasteiger charge is 2.14. The minimum Gasteiger partial charge on any atom is -0.423 e. The summed E-state index contributed by atoms with van der Waals surface area (Å²) in [6.45, 7) is 0. The maximum Gasteiger partial charge on any atom is 0.489 e. The van der Waals surface area contributed by atoms with Gasteiger partial charge < -0.3 is 10.0 Å². The molecule has 0 aromatic heterocycles. The molecule has 0 fully saturated rings. The molecule has 0 aliphatic carbocycles. The summed E-state index contributed by atoms with van der Waals surface area (Å²) in [7, 11) is -1.43. The fourth-order valence-electron chi connectivity index (χ4n) is 1.52. The number of rotatable bonds is 1. The van der Waals surface area contributed by atoms with Gasteiger partial charge in [0.25, 0.3) is 0 Å². The summed E-state index contributed by atoms with van der Waals surface area (Å²) in [5, 5.41) is 20.2. The fourth-order valence-corrected chi connectivity index (χ4v) is 2.01. The molecule has 70 valence electrons. The van der Waals surface area contributed by atoms with E-state index in [0.717, 1.165) is 15.2 Å². The number of halogens is 1. The quantitative estimate of drug-likeness (QED) is 0.749. The number of fused-ring (bicyclic) bond motifs is 1. The molecule has 0 unspecified atom stereocenters. The zero-order valence-corrected chi connectivity index (χ0v) is 8.90. The van der Waals surface area contributed by atoms with Gasteiger partial charge >= 0.3 is 7.12 Å². The SMILES string of the molecule is OB(O)c1cc(Br)cc2ccccc12. The van der Waals surface area contributed by atoms with Crippen molar-refractivity contribution in [2.45, 2.75) is 0 Å². The van der Waals surface area contributed by atoms with Crippen LogP contribution in [0.15, 0.2) is 40.9 Å². The van der Waals surface area contributed by atoms with Gasteiger partial charge in [0.1, 0.15) is 0 Å².